The number of benzene rings is 2. The third kappa shape index (κ3) is 3.74. The summed E-state index contributed by atoms with van der Waals surface area (Å²) in [7, 11) is -3.61. The van der Waals surface area contributed by atoms with Crippen LogP contribution in [0.4, 0.5) is 0 Å². The number of nitrogens with zero attached hydrogens (tertiary/aromatic N) is 2. The molecule has 5 heteroatoms. The van der Waals surface area contributed by atoms with E-state index in [0.29, 0.717) is 0 Å². The first kappa shape index (κ1) is 16.2. The number of hydrogen-bond acceptors (Lipinski definition) is 3. The highest BCUT2D eigenvalue weighted by Gasteiger charge is 2.20. The highest BCUT2D eigenvalue weighted by molar-refractivity contribution is 7.89. The van der Waals surface area contributed by atoms with Gasteiger partial charge in [-0.2, -0.15) is 17.9 Å². The number of hydrogen-bond donors (Lipinski definition) is 0. The predicted molar refractivity (Wildman–Crippen MR) is 89.5 cm³/mol. The highest BCUT2D eigenvalue weighted by atomic mass is 32.2. The zero-order chi connectivity index (χ0) is 16.2. The van der Waals surface area contributed by atoms with E-state index in [2.05, 4.69) is 5.10 Å². The van der Waals surface area contributed by atoms with E-state index >= 15 is 0 Å². The van der Waals surface area contributed by atoms with Gasteiger partial charge < -0.3 is 0 Å². The Labute approximate surface area is 132 Å². The zero-order valence-electron chi connectivity index (χ0n) is 13.0. The summed E-state index contributed by atoms with van der Waals surface area (Å²) in [5, 5.41) is 4.13. The molecule has 0 saturated heterocycles. The molecule has 0 atom stereocenters. The summed E-state index contributed by atoms with van der Waals surface area (Å²) in [4.78, 5) is 0.251. The normalized spacial score (nSPS) is 11.8. The number of rotatable bonds is 5. The molecule has 116 valence electrons. The monoisotopic (exact) mass is 316 g/mol. The van der Waals surface area contributed by atoms with Gasteiger partial charge in [0.1, 0.15) is 0 Å². The lowest BCUT2D eigenvalue weighted by atomic mass is 10.2. The average molecular weight is 316 g/mol. The molecule has 0 saturated carbocycles. The van der Waals surface area contributed by atoms with Gasteiger partial charge in [0, 0.05) is 0 Å². The van der Waals surface area contributed by atoms with E-state index in [1.807, 2.05) is 38.1 Å². The molecule has 0 radical (unpaired) electrons. The van der Waals surface area contributed by atoms with Gasteiger partial charge in [0.2, 0.25) is 0 Å². The van der Waals surface area contributed by atoms with Crippen molar-refractivity contribution in [2.45, 2.75) is 25.7 Å². The first-order valence-electron chi connectivity index (χ1n) is 7.13. The number of sulfonamides is 1. The minimum absolute atomic E-state index is 0.251. The lowest BCUT2D eigenvalue weighted by Gasteiger charge is -2.17. The second-order valence-corrected chi connectivity index (χ2v) is 6.95. The highest BCUT2D eigenvalue weighted by Crippen LogP contribution is 2.16. The summed E-state index contributed by atoms with van der Waals surface area (Å²) in [6, 6.07) is 14.5. The largest absolute Gasteiger partial charge is 0.278 e. The summed E-state index contributed by atoms with van der Waals surface area (Å²) in [5.41, 5.74) is 3.03. The average Bonchev–Trinajstić information content (AvgIpc) is 2.50. The molecule has 0 fully saturated rings. The number of hydrazone groups is 1. The van der Waals surface area contributed by atoms with Gasteiger partial charge in [0.25, 0.3) is 10.0 Å². The summed E-state index contributed by atoms with van der Waals surface area (Å²) in [6.07, 6.45) is 1.56. The maximum atomic E-state index is 12.6. The van der Waals surface area contributed by atoms with Crippen LogP contribution in [0.25, 0.3) is 0 Å². The standard InChI is InChI=1S/C17H20N2O2S/c1-4-19(18-13-16-9-5-14(2)6-10-16)22(20,21)17-11-7-15(3)8-12-17/h5-13H,4H2,1-3H3/b18-13+. The molecular formula is C17H20N2O2S. The second kappa shape index (κ2) is 6.75. The Kier molecular flexibility index (Phi) is 4.98. The van der Waals surface area contributed by atoms with Crippen LogP contribution in [0, 0.1) is 13.8 Å². The van der Waals surface area contributed by atoms with E-state index in [1.165, 1.54) is 0 Å². The van der Waals surface area contributed by atoms with Crippen LogP contribution in [0.2, 0.25) is 0 Å². The molecule has 0 heterocycles. The van der Waals surface area contributed by atoms with Gasteiger partial charge in [-0.05, 0) is 38.5 Å². The summed E-state index contributed by atoms with van der Waals surface area (Å²) in [5.74, 6) is 0. The lowest BCUT2D eigenvalue weighted by molar-refractivity contribution is 0.449. The van der Waals surface area contributed by atoms with Crippen LogP contribution in [-0.2, 0) is 10.0 Å². The molecule has 0 amide bonds. The number of aryl methyl sites for hydroxylation is 2. The minimum Gasteiger partial charge on any atom is -0.200 e. The molecule has 2 aromatic rings. The van der Waals surface area contributed by atoms with Crippen molar-refractivity contribution in [2.75, 3.05) is 6.54 Å². The molecule has 0 aliphatic heterocycles. The lowest BCUT2D eigenvalue weighted by Crippen LogP contribution is -2.26. The van der Waals surface area contributed by atoms with Gasteiger partial charge in [-0.3, -0.25) is 0 Å². The molecule has 2 aromatic carbocycles. The first-order valence-corrected chi connectivity index (χ1v) is 8.57. The third-order valence-electron chi connectivity index (χ3n) is 3.28. The van der Waals surface area contributed by atoms with Gasteiger partial charge >= 0.3 is 0 Å². The fourth-order valence-electron chi connectivity index (χ4n) is 1.93. The molecule has 4 nitrogen and oxygen atoms in total. The predicted octanol–water partition coefficient (Wildman–Crippen LogP) is 3.35. The van der Waals surface area contributed by atoms with Crippen molar-refractivity contribution < 1.29 is 8.42 Å². The Morgan fingerprint density at radius 2 is 1.45 bits per heavy atom. The fourth-order valence-corrected chi connectivity index (χ4v) is 3.16. The van der Waals surface area contributed by atoms with Crippen LogP contribution in [0.1, 0.15) is 23.6 Å². The summed E-state index contributed by atoms with van der Waals surface area (Å²) in [6.45, 7) is 5.96. The van der Waals surface area contributed by atoms with Crippen LogP contribution < -0.4 is 0 Å². The van der Waals surface area contributed by atoms with Crippen LogP contribution in [0.5, 0.6) is 0 Å². The smallest absolute Gasteiger partial charge is 0.200 e. The maximum Gasteiger partial charge on any atom is 0.278 e. The molecule has 0 unspecified atom stereocenters. The van der Waals surface area contributed by atoms with Gasteiger partial charge in [0.15, 0.2) is 0 Å². The molecule has 0 aliphatic rings. The van der Waals surface area contributed by atoms with Crippen molar-refractivity contribution in [1.29, 1.82) is 0 Å². The van der Waals surface area contributed by atoms with Crippen LogP contribution in [0.15, 0.2) is 58.5 Å². The van der Waals surface area contributed by atoms with Crippen molar-refractivity contribution in [3.8, 4) is 0 Å². The topological polar surface area (TPSA) is 49.7 Å². The molecule has 22 heavy (non-hydrogen) atoms. The van der Waals surface area contributed by atoms with Crippen molar-refractivity contribution in [3.05, 3.63) is 65.2 Å². The Balaban J connectivity index is 2.26. The van der Waals surface area contributed by atoms with Gasteiger partial charge in [0.05, 0.1) is 17.7 Å². The summed E-state index contributed by atoms with van der Waals surface area (Å²) >= 11 is 0. The van der Waals surface area contributed by atoms with E-state index in [1.54, 1.807) is 37.4 Å². The van der Waals surface area contributed by atoms with E-state index in [4.69, 9.17) is 0 Å². The van der Waals surface area contributed by atoms with E-state index in [9.17, 15) is 8.42 Å². The molecule has 0 bridgehead atoms. The van der Waals surface area contributed by atoms with Crippen molar-refractivity contribution in [2.24, 2.45) is 5.10 Å². The van der Waals surface area contributed by atoms with Crippen molar-refractivity contribution in [1.82, 2.24) is 4.41 Å². The van der Waals surface area contributed by atoms with E-state index in [0.717, 1.165) is 21.1 Å². The first-order chi connectivity index (χ1) is 10.4. The van der Waals surface area contributed by atoms with Gasteiger partial charge in [-0.25, -0.2) is 0 Å². The second-order valence-electron chi connectivity index (χ2n) is 5.11. The van der Waals surface area contributed by atoms with Crippen LogP contribution in [0.3, 0.4) is 0 Å². The molecule has 0 spiro atoms. The Hall–Kier alpha value is -2.14. The molecule has 2 rings (SSSR count). The maximum absolute atomic E-state index is 12.6. The van der Waals surface area contributed by atoms with Crippen LogP contribution in [-0.4, -0.2) is 25.6 Å². The molecular weight excluding hydrogens is 296 g/mol. The van der Waals surface area contributed by atoms with Crippen molar-refractivity contribution in [3.63, 3.8) is 0 Å². The third-order valence-corrected chi connectivity index (χ3v) is 5.06. The zero-order valence-corrected chi connectivity index (χ0v) is 13.8. The Morgan fingerprint density at radius 1 is 0.955 bits per heavy atom. The van der Waals surface area contributed by atoms with Gasteiger partial charge in [-0.1, -0.05) is 47.5 Å². The molecule has 0 aromatic heterocycles. The minimum atomic E-state index is -3.61. The Morgan fingerprint density at radius 3 is 1.95 bits per heavy atom. The quantitative estimate of drug-likeness (QED) is 0.627. The Bertz CT molecular complexity index is 748. The molecule has 0 aliphatic carbocycles. The molecule has 0 N–H and O–H groups in total. The van der Waals surface area contributed by atoms with E-state index in [-0.39, 0.29) is 11.4 Å². The van der Waals surface area contributed by atoms with E-state index < -0.39 is 10.0 Å². The van der Waals surface area contributed by atoms with Gasteiger partial charge in [-0.15, -0.1) is 0 Å². The summed E-state index contributed by atoms with van der Waals surface area (Å²) < 4.78 is 26.2. The van der Waals surface area contributed by atoms with Crippen molar-refractivity contribution >= 4 is 16.2 Å². The SMILES string of the molecule is CCN(/N=C/c1ccc(C)cc1)S(=O)(=O)c1ccc(C)cc1. The van der Waals surface area contributed by atoms with Crippen LogP contribution >= 0.6 is 0 Å². The fraction of sp³-hybridized carbons (Fsp3) is 0.235.